The van der Waals surface area contributed by atoms with Crippen molar-refractivity contribution in [3.05, 3.63) is 145 Å². The van der Waals surface area contributed by atoms with E-state index in [4.69, 9.17) is 14.7 Å². The minimum Gasteiger partial charge on any atom is -0.390 e. The van der Waals surface area contributed by atoms with E-state index in [1.165, 1.54) is 0 Å². The van der Waals surface area contributed by atoms with Gasteiger partial charge in [0.05, 0.1) is 67.1 Å². The zero-order chi connectivity index (χ0) is 44.5. The number of hydrogen-bond donors (Lipinski definition) is 4. The van der Waals surface area contributed by atoms with Gasteiger partial charge in [0.2, 0.25) is 22.8 Å². The number of nitrogens with one attached hydrogen (secondary N) is 2. The zero-order valence-electron chi connectivity index (χ0n) is 37.3. The van der Waals surface area contributed by atoms with Crippen LogP contribution in [0, 0.1) is 0 Å². The molecule has 0 saturated carbocycles. The summed E-state index contributed by atoms with van der Waals surface area (Å²) in [7, 11) is 0. The van der Waals surface area contributed by atoms with Gasteiger partial charge in [-0.05, 0) is 79.3 Å². The summed E-state index contributed by atoms with van der Waals surface area (Å²) in [6.07, 6.45) is 21.0. The summed E-state index contributed by atoms with van der Waals surface area (Å²) >= 11 is 0. The number of aromatic amines is 2. The van der Waals surface area contributed by atoms with Crippen LogP contribution in [0.1, 0.15) is 62.3 Å². The monoisotopic (exact) mass is 866 g/mol. The van der Waals surface area contributed by atoms with E-state index in [9.17, 15) is 10.2 Å². The van der Waals surface area contributed by atoms with E-state index >= 15 is 0 Å². The second kappa shape index (κ2) is 20.3. The molecule has 9 heterocycles. The molecule has 328 valence electrons. The molecule has 0 unspecified atom stereocenters. The van der Waals surface area contributed by atoms with Crippen molar-refractivity contribution in [2.75, 3.05) is 26.4 Å². The molecule has 11 nitrogen and oxygen atoms in total. The summed E-state index contributed by atoms with van der Waals surface area (Å²) < 4.78 is 14.9. The number of nitrogens with zero attached hydrogens (tertiary/aromatic N) is 6. The van der Waals surface area contributed by atoms with Gasteiger partial charge in [0.15, 0.2) is 44.4 Å². The number of aryl methyl sites for hydroxylation is 1. The summed E-state index contributed by atoms with van der Waals surface area (Å²) in [6.45, 7) is 8.07. The van der Waals surface area contributed by atoms with E-state index in [2.05, 4.69) is 152 Å². The smallest absolute Gasteiger partial charge is 0.216 e. The molecule has 0 saturated heterocycles. The van der Waals surface area contributed by atoms with Crippen LogP contribution in [0.25, 0.3) is 91.4 Å². The van der Waals surface area contributed by atoms with Crippen molar-refractivity contribution in [2.24, 2.45) is 0 Å². The minimum absolute atomic E-state index is 0.0139. The molecule has 0 radical (unpaired) electrons. The van der Waals surface area contributed by atoms with Crippen LogP contribution in [0.3, 0.4) is 0 Å². The summed E-state index contributed by atoms with van der Waals surface area (Å²) in [5, 5.41) is 20.5. The summed E-state index contributed by atoms with van der Waals surface area (Å²) in [4.78, 5) is 18.9. The third kappa shape index (κ3) is 9.08. The largest absolute Gasteiger partial charge is 0.390 e. The lowest BCUT2D eigenvalue weighted by Crippen LogP contribution is -2.38. The maximum absolute atomic E-state index is 10.3. The van der Waals surface area contributed by atoms with Gasteiger partial charge in [0, 0.05) is 61.6 Å². The minimum atomic E-state index is -0.0176. The molecule has 0 spiro atoms. The van der Waals surface area contributed by atoms with Crippen molar-refractivity contribution in [3.8, 4) is 45.0 Å². The number of H-pyrrole nitrogens is 2. The average molecular weight is 867 g/mol. The zero-order valence-corrected chi connectivity index (χ0v) is 37.3. The molecular formula is C54H58N8O3+4. The Hall–Kier alpha value is -6.92. The molecule has 0 aliphatic carbocycles. The Morgan fingerprint density at radius 2 is 0.785 bits per heavy atom. The van der Waals surface area contributed by atoms with Crippen LogP contribution in [0.2, 0.25) is 0 Å². The van der Waals surface area contributed by atoms with Crippen molar-refractivity contribution in [3.63, 3.8) is 0 Å². The number of pyridine rings is 4. The van der Waals surface area contributed by atoms with Gasteiger partial charge in [0.25, 0.3) is 0 Å². The third-order valence-corrected chi connectivity index (χ3v) is 12.1. The lowest BCUT2D eigenvalue weighted by molar-refractivity contribution is -0.687. The maximum atomic E-state index is 10.3. The van der Waals surface area contributed by atoms with Crippen molar-refractivity contribution < 1.29 is 33.2 Å². The Bertz CT molecular complexity index is 3060. The van der Waals surface area contributed by atoms with Gasteiger partial charge >= 0.3 is 0 Å². The SMILES string of the molecule is CCCCOCC[n+]1ccccc1-c1c2nc(c(-c3cccc[n+]3CCO)c3ccc([nH]3)c(-c3cccc[n+]3CCO)c3nc(c(-c4cccc[n+]4CCCC)c4ccc1[nH]4)C=C3)C=C2. The number of ether oxygens (including phenoxy) is 1. The molecule has 9 rings (SSSR count). The molecule has 65 heavy (non-hydrogen) atoms. The molecule has 11 heteroatoms. The molecule has 2 aliphatic rings. The Balaban J connectivity index is 1.43. The summed E-state index contributed by atoms with van der Waals surface area (Å²) in [6, 6.07) is 33.5. The van der Waals surface area contributed by atoms with Crippen LogP contribution in [-0.4, -0.2) is 56.6 Å². The Morgan fingerprint density at radius 1 is 0.431 bits per heavy atom. The quantitative estimate of drug-likeness (QED) is 0.0545. The van der Waals surface area contributed by atoms with Crippen LogP contribution in [0.4, 0.5) is 0 Å². The predicted molar refractivity (Wildman–Crippen MR) is 256 cm³/mol. The fourth-order valence-electron chi connectivity index (χ4n) is 8.93. The molecule has 0 amide bonds. The molecule has 8 bridgehead atoms. The number of aliphatic hydroxyl groups excluding tert-OH is 2. The van der Waals surface area contributed by atoms with Gasteiger partial charge in [-0.1, -0.05) is 26.7 Å². The number of aliphatic hydroxyl groups is 2. The van der Waals surface area contributed by atoms with Crippen molar-refractivity contribution in [1.82, 2.24) is 19.9 Å². The van der Waals surface area contributed by atoms with E-state index in [1.807, 2.05) is 36.7 Å². The van der Waals surface area contributed by atoms with Gasteiger partial charge in [-0.15, -0.1) is 0 Å². The number of hydrogen-bond acceptors (Lipinski definition) is 5. The second-order valence-electron chi connectivity index (χ2n) is 16.4. The number of rotatable bonds is 17. The average Bonchev–Trinajstić information content (AvgIpc) is 4.19. The van der Waals surface area contributed by atoms with Crippen LogP contribution < -0.4 is 18.3 Å². The fraction of sp³-hybridized carbons (Fsp3) is 0.259. The first kappa shape index (κ1) is 43.3. The molecule has 7 aromatic heterocycles. The van der Waals surface area contributed by atoms with Gasteiger partial charge in [-0.2, -0.15) is 18.3 Å². The van der Waals surface area contributed by atoms with Gasteiger partial charge < -0.3 is 24.9 Å². The van der Waals surface area contributed by atoms with Gasteiger partial charge in [0.1, 0.15) is 26.4 Å². The third-order valence-electron chi connectivity index (χ3n) is 12.1. The molecule has 7 aromatic rings. The fourth-order valence-corrected chi connectivity index (χ4v) is 8.93. The highest BCUT2D eigenvalue weighted by atomic mass is 16.5. The lowest BCUT2D eigenvalue weighted by atomic mass is 10.1. The van der Waals surface area contributed by atoms with E-state index in [0.29, 0.717) is 26.2 Å². The number of aromatic nitrogens is 8. The van der Waals surface area contributed by atoms with Crippen LogP contribution in [0.5, 0.6) is 0 Å². The van der Waals surface area contributed by atoms with Crippen LogP contribution in [0.15, 0.2) is 122 Å². The molecular weight excluding hydrogens is 809 g/mol. The first-order valence-electron chi connectivity index (χ1n) is 23.0. The molecule has 0 atom stereocenters. The first-order valence-corrected chi connectivity index (χ1v) is 23.0. The normalized spacial score (nSPS) is 12.1. The van der Waals surface area contributed by atoms with Crippen LogP contribution in [-0.2, 0) is 30.9 Å². The summed E-state index contributed by atoms with van der Waals surface area (Å²) in [5.74, 6) is 0. The van der Waals surface area contributed by atoms with Crippen molar-refractivity contribution in [2.45, 2.75) is 65.7 Å². The standard InChI is InChI=1S/C54H57N8O3/c1-3-5-27-59-28-11-7-15-47(59)51-39-19-21-41(55-39)52(48-16-8-12-29-60(48)32-35-63)42-22-23-43(57-42)53(49-17-9-13-30-61(49)33-36-64)44-24-26-46(58-44)54(45-25-20-40(51)56-45)50-18-10-14-31-62(50)34-38-65-37-6-4-2/h7-26,28-31,63-64H,3-6,27,32-38H2,1-2H3,(H,55,56,57,58)/q+3/p+1. The van der Waals surface area contributed by atoms with E-state index in [1.54, 1.807) is 0 Å². The maximum Gasteiger partial charge on any atom is 0.216 e. The highest BCUT2D eigenvalue weighted by molar-refractivity contribution is 5.97. The summed E-state index contributed by atoms with van der Waals surface area (Å²) in [5.41, 5.74) is 14.4. The number of fused-ring (bicyclic) bond motifs is 8. The molecule has 0 aromatic carbocycles. The number of unbranched alkanes of at least 4 members (excludes halogenated alkanes) is 2. The highest BCUT2D eigenvalue weighted by Crippen LogP contribution is 2.36. The van der Waals surface area contributed by atoms with Crippen LogP contribution >= 0.6 is 0 Å². The van der Waals surface area contributed by atoms with Gasteiger partial charge in [-0.25, -0.2) is 9.97 Å². The Kier molecular flexibility index (Phi) is 13.5. The second-order valence-corrected chi connectivity index (χ2v) is 16.4. The highest BCUT2D eigenvalue weighted by Gasteiger charge is 2.27. The molecule has 2 aliphatic heterocycles. The van der Waals surface area contributed by atoms with Gasteiger partial charge in [-0.3, -0.25) is 0 Å². The van der Waals surface area contributed by atoms with E-state index in [0.717, 1.165) is 129 Å². The van der Waals surface area contributed by atoms with E-state index < -0.39 is 0 Å². The predicted octanol–water partition coefficient (Wildman–Crippen LogP) is 8.08. The van der Waals surface area contributed by atoms with Crippen molar-refractivity contribution >= 4 is 46.4 Å². The van der Waals surface area contributed by atoms with E-state index in [-0.39, 0.29) is 13.2 Å². The topological polar surface area (TPSA) is 123 Å². The van der Waals surface area contributed by atoms with Crippen molar-refractivity contribution in [1.29, 1.82) is 0 Å². The molecule has 0 fully saturated rings. The first-order chi connectivity index (χ1) is 32.1. The molecule has 4 N–H and O–H groups in total. The Morgan fingerprint density at radius 3 is 1.14 bits per heavy atom. The Labute approximate surface area is 380 Å². The lowest BCUT2D eigenvalue weighted by Gasteiger charge is -2.07.